The van der Waals surface area contributed by atoms with Gasteiger partial charge < -0.3 is 19.8 Å². The Balaban J connectivity index is 3.17. The molecule has 0 radical (unpaired) electrons. The molecule has 2 atom stereocenters. The number of hydrogen-bond acceptors (Lipinski definition) is 4. The minimum absolute atomic E-state index is 0.180. The summed E-state index contributed by atoms with van der Waals surface area (Å²) >= 11 is 0. The first kappa shape index (κ1) is 10.6. The summed E-state index contributed by atoms with van der Waals surface area (Å²) in [7, 11) is 1.67. The van der Waals surface area contributed by atoms with Gasteiger partial charge >= 0.3 is 5.82 Å². The van der Waals surface area contributed by atoms with Gasteiger partial charge in [0.1, 0.15) is 5.69 Å². The highest BCUT2D eigenvalue weighted by atomic mass is 16.6. The molecular formula is C8H13N3O3. The molecular weight excluding hydrogens is 186 g/mol. The number of nitro groups is 1. The van der Waals surface area contributed by atoms with Gasteiger partial charge in [0.2, 0.25) is 6.33 Å². The lowest BCUT2D eigenvalue weighted by molar-refractivity contribution is -0.390. The Morgan fingerprint density at radius 3 is 2.64 bits per heavy atom. The topological polar surface area (TPSA) is 81.2 Å². The smallest absolute Gasteiger partial charge is 0.385 e. The summed E-state index contributed by atoms with van der Waals surface area (Å²) in [6.45, 7) is 3.33. The maximum atomic E-state index is 10.6. The Hall–Kier alpha value is -1.43. The van der Waals surface area contributed by atoms with Crippen LogP contribution in [0.2, 0.25) is 0 Å². The van der Waals surface area contributed by atoms with Crippen molar-refractivity contribution >= 4 is 5.82 Å². The molecule has 2 unspecified atom stereocenters. The fourth-order valence-corrected chi connectivity index (χ4v) is 1.32. The summed E-state index contributed by atoms with van der Waals surface area (Å²) in [5.74, 6) is -0.483. The van der Waals surface area contributed by atoms with Crippen LogP contribution in [-0.2, 0) is 7.05 Å². The van der Waals surface area contributed by atoms with Crippen molar-refractivity contribution in [3.8, 4) is 0 Å². The zero-order valence-electron chi connectivity index (χ0n) is 8.34. The van der Waals surface area contributed by atoms with Crippen LogP contribution in [0.3, 0.4) is 0 Å². The van der Waals surface area contributed by atoms with Gasteiger partial charge in [0.25, 0.3) is 0 Å². The standard InChI is InChI=1S/C8H13N3O3/c1-5(6(2)12)7-8(11(13)14)9-4-10(7)3/h4-6,12H,1-3H3. The molecule has 1 rings (SSSR count). The average molecular weight is 199 g/mol. The Kier molecular flexibility index (Phi) is 2.85. The molecule has 0 bridgehead atoms. The summed E-state index contributed by atoms with van der Waals surface area (Å²) in [4.78, 5) is 13.7. The first-order valence-corrected chi connectivity index (χ1v) is 4.28. The molecule has 6 nitrogen and oxygen atoms in total. The van der Waals surface area contributed by atoms with Gasteiger partial charge in [-0.1, -0.05) is 6.92 Å². The number of hydrogen-bond donors (Lipinski definition) is 1. The normalized spacial score (nSPS) is 15.1. The Bertz CT molecular complexity index is 346. The van der Waals surface area contributed by atoms with E-state index in [-0.39, 0.29) is 11.7 Å². The van der Waals surface area contributed by atoms with Gasteiger partial charge in [0.15, 0.2) is 0 Å². The largest absolute Gasteiger partial charge is 0.393 e. The number of aryl methyl sites for hydroxylation is 1. The second-order valence-electron chi connectivity index (χ2n) is 3.35. The molecule has 0 aromatic carbocycles. The molecule has 0 aliphatic carbocycles. The van der Waals surface area contributed by atoms with Crippen LogP contribution >= 0.6 is 0 Å². The van der Waals surface area contributed by atoms with E-state index in [4.69, 9.17) is 0 Å². The van der Waals surface area contributed by atoms with Crippen LogP contribution in [0, 0.1) is 10.1 Å². The minimum Gasteiger partial charge on any atom is -0.393 e. The first-order chi connectivity index (χ1) is 6.45. The molecule has 6 heteroatoms. The summed E-state index contributed by atoms with van der Waals surface area (Å²) in [5.41, 5.74) is 0.449. The molecule has 0 fully saturated rings. The Morgan fingerprint density at radius 2 is 2.21 bits per heavy atom. The summed E-state index contributed by atoms with van der Waals surface area (Å²) in [5, 5.41) is 20.0. The van der Waals surface area contributed by atoms with E-state index >= 15 is 0 Å². The van der Waals surface area contributed by atoms with Gasteiger partial charge in [-0.15, -0.1) is 0 Å². The van der Waals surface area contributed by atoms with E-state index in [9.17, 15) is 15.2 Å². The molecule has 1 N–H and O–H groups in total. The lowest BCUT2D eigenvalue weighted by Gasteiger charge is -2.13. The quantitative estimate of drug-likeness (QED) is 0.577. The monoisotopic (exact) mass is 199 g/mol. The van der Waals surface area contributed by atoms with Crippen molar-refractivity contribution in [1.82, 2.24) is 9.55 Å². The number of nitrogens with zero attached hydrogens (tertiary/aromatic N) is 3. The highest BCUT2D eigenvalue weighted by molar-refractivity contribution is 5.30. The Morgan fingerprint density at radius 1 is 1.64 bits per heavy atom. The van der Waals surface area contributed by atoms with E-state index in [1.54, 1.807) is 25.5 Å². The van der Waals surface area contributed by atoms with E-state index in [1.807, 2.05) is 0 Å². The molecule has 0 saturated carbocycles. The molecule has 14 heavy (non-hydrogen) atoms. The fourth-order valence-electron chi connectivity index (χ4n) is 1.32. The van der Waals surface area contributed by atoms with E-state index in [0.29, 0.717) is 5.69 Å². The zero-order valence-corrected chi connectivity index (χ0v) is 8.34. The molecule has 1 aromatic rings. The second kappa shape index (κ2) is 3.75. The van der Waals surface area contributed by atoms with Crippen molar-refractivity contribution in [2.24, 2.45) is 7.05 Å². The highest BCUT2D eigenvalue weighted by Gasteiger charge is 2.27. The molecule has 0 amide bonds. The van der Waals surface area contributed by atoms with Crippen molar-refractivity contribution < 1.29 is 10.0 Å². The Labute approximate surface area is 81.3 Å². The second-order valence-corrected chi connectivity index (χ2v) is 3.35. The lowest BCUT2D eigenvalue weighted by atomic mass is 10.0. The lowest BCUT2D eigenvalue weighted by Crippen LogP contribution is -2.15. The van der Waals surface area contributed by atoms with Crippen molar-refractivity contribution in [2.75, 3.05) is 0 Å². The summed E-state index contributed by atoms with van der Waals surface area (Å²) < 4.78 is 1.56. The van der Waals surface area contributed by atoms with Gasteiger partial charge in [-0.3, -0.25) is 0 Å². The van der Waals surface area contributed by atoms with Crippen LogP contribution in [0.25, 0.3) is 0 Å². The maximum Gasteiger partial charge on any atom is 0.385 e. The number of aromatic nitrogens is 2. The van der Waals surface area contributed by atoms with Crippen LogP contribution in [0.1, 0.15) is 25.5 Å². The minimum atomic E-state index is -0.635. The number of aliphatic hydroxyl groups is 1. The van der Waals surface area contributed by atoms with Crippen molar-refractivity contribution in [1.29, 1.82) is 0 Å². The SMILES string of the molecule is CC(O)C(C)c1c([N+](=O)[O-])ncn1C. The maximum absolute atomic E-state index is 10.6. The van der Waals surface area contributed by atoms with E-state index in [0.717, 1.165) is 0 Å². The van der Waals surface area contributed by atoms with Crippen molar-refractivity contribution in [3.63, 3.8) is 0 Å². The van der Waals surface area contributed by atoms with Crippen molar-refractivity contribution in [2.45, 2.75) is 25.9 Å². The molecule has 1 heterocycles. The van der Waals surface area contributed by atoms with Crippen LogP contribution in [0.4, 0.5) is 5.82 Å². The molecule has 0 saturated heterocycles. The van der Waals surface area contributed by atoms with Crippen LogP contribution in [-0.4, -0.2) is 25.7 Å². The number of aliphatic hydroxyl groups excluding tert-OH is 1. The predicted octanol–water partition coefficient (Wildman–Crippen LogP) is 0.813. The van der Waals surface area contributed by atoms with Crippen LogP contribution < -0.4 is 0 Å². The van der Waals surface area contributed by atoms with Gasteiger partial charge in [-0.25, -0.2) is 0 Å². The third-order valence-corrected chi connectivity index (χ3v) is 2.29. The molecule has 1 aromatic heterocycles. The summed E-state index contributed by atoms with van der Waals surface area (Å²) in [6.07, 6.45) is 0.746. The zero-order chi connectivity index (χ0) is 10.9. The predicted molar refractivity (Wildman–Crippen MR) is 50.0 cm³/mol. The number of imidazole rings is 1. The molecule has 0 aliphatic rings. The van der Waals surface area contributed by atoms with Gasteiger partial charge in [-0.2, -0.15) is 0 Å². The molecule has 78 valence electrons. The summed E-state index contributed by atoms with van der Waals surface area (Å²) in [6, 6.07) is 0. The fraction of sp³-hybridized carbons (Fsp3) is 0.625. The van der Waals surface area contributed by atoms with E-state index in [2.05, 4.69) is 4.98 Å². The van der Waals surface area contributed by atoms with E-state index < -0.39 is 11.0 Å². The molecule has 0 spiro atoms. The highest BCUT2D eigenvalue weighted by Crippen LogP contribution is 2.26. The van der Waals surface area contributed by atoms with Crippen LogP contribution in [0.5, 0.6) is 0 Å². The third-order valence-electron chi connectivity index (χ3n) is 2.29. The van der Waals surface area contributed by atoms with Gasteiger partial charge in [0.05, 0.1) is 6.10 Å². The van der Waals surface area contributed by atoms with Crippen LogP contribution in [0.15, 0.2) is 6.33 Å². The van der Waals surface area contributed by atoms with Gasteiger partial charge in [-0.05, 0) is 16.8 Å². The van der Waals surface area contributed by atoms with Gasteiger partial charge in [0, 0.05) is 13.0 Å². The number of rotatable bonds is 3. The van der Waals surface area contributed by atoms with Crippen molar-refractivity contribution in [3.05, 3.63) is 22.1 Å². The van der Waals surface area contributed by atoms with E-state index in [1.165, 1.54) is 6.33 Å². The molecule has 0 aliphatic heterocycles. The average Bonchev–Trinajstić information content (AvgIpc) is 2.45. The third kappa shape index (κ3) is 1.74. The first-order valence-electron chi connectivity index (χ1n) is 4.28.